The van der Waals surface area contributed by atoms with Gasteiger partial charge in [-0.2, -0.15) is 0 Å². The molecule has 0 amide bonds. The highest BCUT2D eigenvalue weighted by Crippen LogP contribution is 2.30. The van der Waals surface area contributed by atoms with E-state index in [1.165, 1.54) is 6.07 Å². The van der Waals surface area contributed by atoms with Crippen molar-refractivity contribution in [3.8, 4) is 0 Å². The maximum absolute atomic E-state index is 12.1. The second kappa shape index (κ2) is 7.45. The van der Waals surface area contributed by atoms with Crippen LogP contribution >= 0.6 is 23.2 Å². The van der Waals surface area contributed by atoms with Crippen molar-refractivity contribution < 1.29 is 8.42 Å². The third-order valence-corrected chi connectivity index (χ3v) is 5.02. The molecule has 0 aliphatic carbocycles. The predicted molar refractivity (Wildman–Crippen MR) is 79.3 cm³/mol. The minimum atomic E-state index is -3.59. The molecule has 0 aliphatic heterocycles. The zero-order valence-electron chi connectivity index (χ0n) is 11.0. The van der Waals surface area contributed by atoms with Crippen molar-refractivity contribution in [3.63, 3.8) is 0 Å². The molecule has 0 bridgehead atoms. The molecule has 0 aromatic heterocycles. The number of unbranched alkanes of at least 4 members (excludes halogenated alkanes) is 1. The van der Waals surface area contributed by atoms with Crippen molar-refractivity contribution in [2.24, 2.45) is 0 Å². The van der Waals surface area contributed by atoms with E-state index in [-0.39, 0.29) is 9.92 Å². The lowest BCUT2D eigenvalue weighted by atomic mass is 10.2. The van der Waals surface area contributed by atoms with Crippen LogP contribution < -0.4 is 10.0 Å². The monoisotopic (exact) mass is 324 g/mol. The van der Waals surface area contributed by atoms with Crippen LogP contribution in [0.15, 0.2) is 17.0 Å². The first-order valence-electron chi connectivity index (χ1n) is 6.05. The fourth-order valence-electron chi connectivity index (χ4n) is 1.58. The summed E-state index contributed by atoms with van der Waals surface area (Å²) in [5, 5.41) is 3.54. The van der Waals surface area contributed by atoms with Gasteiger partial charge in [0, 0.05) is 23.7 Å². The average molecular weight is 325 g/mol. The van der Waals surface area contributed by atoms with Crippen LogP contribution in [0.5, 0.6) is 0 Å². The average Bonchev–Trinajstić information content (AvgIpc) is 2.34. The summed E-state index contributed by atoms with van der Waals surface area (Å²) in [7, 11) is -1.85. The van der Waals surface area contributed by atoms with Crippen molar-refractivity contribution in [2.45, 2.75) is 31.2 Å². The third kappa shape index (κ3) is 4.33. The summed E-state index contributed by atoms with van der Waals surface area (Å²) in [4.78, 5) is 0.0694. The van der Waals surface area contributed by atoms with Gasteiger partial charge in [-0.15, -0.1) is 0 Å². The summed E-state index contributed by atoms with van der Waals surface area (Å²) in [6.07, 6.45) is 1.70. The number of rotatable bonds is 7. The van der Waals surface area contributed by atoms with Crippen LogP contribution in [0.4, 0.5) is 0 Å². The molecule has 7 heteroatoms. The molecule has 0 unspecified atom stereocenters. The SMILES string of the molecule is CCCCNS(=O)(=O)c1ccc(Cl)c(CNC)c1Cl. The molecule has 0 heterocycles. The van der Waals surface area contributed by atoms with Gasteiger partial charge in [0.05, 0.1) is 5.02 Å². The Bertz CT molecular complexity index is 533. The first-order valence-corrected chi connectivity index (χ1v) is 8.29. The van der Waals surface area contributed by atoms with E-state index >= 15 is 0 Å². The second-order valence-corrected chi connectivity index (χ2v) is 6.64. The quantitative estimate of drug-likeness (QED) is 0.758. The Morgan fingerprint density at radius 1 is 1.26 bits per heavy atom. The van der Waals surface area contributed by atoms with Crippen LogP contribution in [-0.2, 0) is 16.6 Å². The fraction of sp³-hybridized carbons (Fsp3) is 0.500. The topological polar surface area (TPSA) is 58.2 Å². The molecule has 0 saturated heterocycles. The van der Waals surface area contributed by atoms with E-state index in [0.717, 1.165) is 12.8 Å². The van der Waals surface area contributed by atoms with E-state index in [4.69, 9.17) is 23.2 Å². The molecule has 0 saturated carbocycles. The zero-order valence-corrected chi connectivity index (χ0v) is 13.3. The molecule has 1 aromatic rings. The fourth-order valence-corrected chi connectivity index (χ4v) is 3.57. The van der Waals surface area contributed by atoms with Gasteiger partial charge in [-0.25, -0.2) is 13.1 Å². The lowest BCUT2D eigenvalue weighted by Crippen LogP contribution is -2.25. The van der Waals surface area contributed by atoms with Crippen molar-refractivity contribution in [1.82, 2.24) is 10.0 Å². The van der Waals surface area contributed by atoms with Gasteiger partial charge < -0.3 is 5.32 Å². The minimum absolute atomic E-state index is 0.0694. The van der Waals surface area contributed by atoms with Crippen LogP contribution in [0.2, 0.25) is 10.0 Å². The normalized spacial score (nSPS) is 11.8. The number of benzene rings is 1. The molecule has 0 spiro atoms. The summed E-state index contributed by atoms with van der Waals surface area (Å²) in [6, 6.07) is 2.98. The molecular formula is C12H18Cl2N2O2S. The van der Waals surface area contributed by atoms with Crippen molar-refractivity contribution in [2.75, 3.05) is 13.6 Å². The lowest BCUT2D eigenvalue weighted by Gasteiger charge is -2.12. The molecule has 108 valence electrons. The highest BCUT2D eigenvalue weighted by atomic mass is 35.5. The van der Waals surface area contributed by atoms with Gasteiger partial charge in [0.1, 0.15) is 4.90 Å². The molecule has 0 radical (unpaired) electrons. The van der Waals surface area contributed by atoms with Crippen LogP contribution in [0.1, 0.15) is 25.3 Å². The molecule has 1 rings (SSSR count). The van der Waals surface area contributed by atoms with Gasteiger partial charge in [-0.1, -0.05) is 36.5 Å². The van der Waals surface area contributed by atoms with Gasteiger partial charge in [-0.05, 0) is 25.6 Å². The second-order valence-electron chi connectivity index (χ2n) is 4.12. The first-order chi connectivity index (χ1) is 8.94. The van der Waals surface area contributed by atoms with Crippen LogP contribution in [0.25, 0.3) is 0 Å². The van der Waals surface area contributed by atoms with E-state index < -0.39 is 10.0 Å². The van der Waals surface area contributed by atoms with E-state index in [1.54, 1.807) is 13.1 Å². The van der Waals surface area contributed by atoms with Crippen molar-refractivity contribution in [1.29, 1.82) is 0 Å². The largest absolute Gasteiger partial charge is 0.316 e. The van der Waals surface area contributed by atoms with Crippen LogP contribution in [-0.4, -0.2) is 22.0 Å². The van der Waals surface area contributed by atoms with Gasteiger partial charge in [-0.3, -0.25) is 0 Å². The Kier molecular flexibility index (Phi) is 6.56. The third-order valence-electron chi connectivity index (χ3n) is 2.62. The number of sulfonamides is 1. The molecule has 2 N–H and O–H groups in total. The van der Waals surface area contributed by atoms with E-state index in [2.05, 4.69) is 10.0 Å². The van der Waals surface area contributed by atoms with Gasteiger partial charge in [0.25, 0.3) is 0 Å². The standard InChI is InChI=1S/C12H18Cl2N2O2S/c1-3-4-7-16-19(17,18)11-6-5-10(13)9(8-15-2)12(11)14/h5-6,15-16H,3-4,7-8H2,1-2H3. The molecule has 19 heavy (non-hydrogen) atoms. The summed E-state index contributed by atoms with van der Waals surface area (Å²) in [6.45, 7) is 2.81. The Balaban J connectivity index is 3.10. The van der Waals surface area contributed by atoms with Crippen molar-refractivity contribution in [3.05, 3.63) is 27.7 Å². The Hall–Kier alpha value is -0.330. The molecule has 0 fully saturated rings. The van der Waals surface area contributed by atoms with Crippen LogP contribution in [0, 0.1) is 0 Å². The molecule has 4 nitrogen and oxygen atoms in total. The Morgan fingerprint density at radius 2 is 1.95 bits per heavy atom. The summed E-state index contributed by atoms with van der Waals surface area (Å²) in [5.41, 5.74) is 0.587. The van der Waals surface area contributed by atoms with Gasteiger partial charge >= 0.3 is 0 Å². The number of hydrogen-bond acceptors (Lipinski definition) is 3. The first kappa shape index (κ1) is 16.7. The highest BCUT2D eigenvalue weighted by molar-refractivity contribution is 7.89. The molecular weight excluding hydrogens is 307 g/mol. The zero-order chi connectivity index (χ0) is 14.5. The molecule has 0 atom stereocenters. The summed E-state index contributed by atoms with van der Waals surface area (Å²) in [5.74, 6) is 0. The van der Waals surface area contributed by atoms with E-state index in [1.807, 2.05) is 6.92 Å². The maximum atomic E-state index is 12.1. The van der Waals surface area contributed by atoms with Crippen LogP contribution in [0.3, 0.4) is 0 Å². The number of hydrogen-bond donors (Lipinski definition) is 2. The van der Waals surface area contributed by atoms with E-state index in [0.29, 0.717) is 23.7 Å². The highest BCUT2D eigenvalue weighted by Gasteiger charge is 2.20. The smallest absolute Gasteiger partial charge is 0.242 e. The van der Waals surface area contributed by atoms with E-state index in [9.17, 15) is 8.42 Å². The maximum Gasteiger partial charge on any atom is 0.242 e. The summed E-state index contributed by atoms with van der Waals surface area (Å²) < 4.78 is 26.8. The molecule has 0 aliphatic rings. The van der Waals surface area contributed by atoms with Gasteiger partial charge in [0.2, 0.25) is 10.0 Å². The summed E-state index contributed by atoms with van der Waals surface area (Å²) >= 11 is 12.2. The minimum Gasteiger partial charge on any atom is -0.316 e. The van der Waals surface area contributed by atoms with Crippen molar-refractivity contribution >= 4 is 33.2 Å². The Morgan fingerprint density at radius 3 is 2.53 bits per heavy atom. The molecule has 1 aromatic carbocycles. The Labute approximate surface area is 124 Å². The number of halogens is 2. The number of nitrogens with one attached hydrogen (secondary N) is 2. The van der Waals surface area contributed by atoms with Gasteiger partial charge in [0.15, 0.2) is 0 Å². The predicted octanol–water partition coefficient (Wildman–Crippen LogP) is 2.79. The lowest BCUT2D eigenvalue weighted by molar-refractivity contribution is 0.578.